The Morgan fingerprint density at radius 3 is 2.65 bits per heavy atom. The van der Waals surface area contributed by atoms with Crippen molar-refractivity contribution in [3.8, 4) is 11.1 Å². The number of amides is 1. The van der Waals surface area contributed by atoms with E-state index in [9.17, 15) is 18.0 Å². The lowest BCUT2D eigenvalue weighted by Crippen LogP contribution is -2.58. The molecule has 2 N–H and O–H groups in total. The molecule has 0 radical (unpaired) electrons. The third-order valence-electron chi connectivity index (χ3n) is 6.79. The zero-order chi connectivity index (χ0) is 24.5. The number of benzene rings is 1. The first-order chi connectivity index (χ1) is 16.0. The van der Waals surface area contributed by atoms with Crippen LogP contribution in [0.5, 0.6) is 0 Å². The van der Waals surface area contributed by atoms with Gasteiger partial charge >= 0.3 is 6.18 Å². The molecule has 0 fully saturated rings. The normalized spacial score (nSPS) is 25.7. The molecule has 4 heterocycles. The molecule has 1 aromatic heterocycles. The first kappa shape index (κ1) is 22.4. The molecule has 7 nitrogen and oxygen atoms in total. The summed E-state index contributed by atoms with van der Waals surface area (Å²) in [4.78, 5) is 13.5. The van der Waals surface area contributed by atoms with Crippen LogP contribution in [-0.2, 0) is 17.3 Å². The highest BCUT2D eigenvalue weighted by molar-refractivity contribution is 6.00. The predicted octanol–water partition coefficient (Wildman–Crippen LogP) is 4.50. The SMILES string of the molecule is CC[C@]1(c2cccc(-c3cnn(C)c3)c2)C2=C(CC(C)(C)NC2=O)NC2N=NC(C(F)(F)F)=C21. The van der Waals surface area contributed by atoms with Crippen LogP contribution in [0.15, 0.2) is 69.4 Å². The third-order valence-corrected chi connectivity index (χ3v) is 6.79. The lowest BCUT2D eigenvalue weighted by atomic mass is 9.61. The number of fused-ring (bicyclic) bond motifs is 1. The van der Waals surface area contributed by atoms with E-state index < -0.39 is 29.0 Å². The lowest BCUT2D eigenvalue weighted by molar-refractivity contribution is -0.120. The number of carbonyl (C=O) groups is 1. The first-order valence-corrected chi connectivity index (χ1v) is 11.1. The predicted molar refractivity (Wildman–Crippen MR) is 119 cm³/mol. The summed E-state index contributed by atoms with van der Waals surface area (Å²) >= 11 is 0. The van der Waals surface area contributed by atoms with E-state index in [0.717, 1.165) is 11.1 Å². The van der Waals surface area contributed by atoms with E-state index in [4.69, 9.17) is 0 Å². The average Bonchev–Trinajstić information content (AvgIpc) is 3.37. The number of aryl methyl sites for hydroxylation is 1. The highest BCUT2D eigenvalue weighted by atomic mass is 19.4. The van der Waals surface area contributed by atoms with E-state index in [-0.39, 0.29) is 17.9 Å². The molecule has 2 aromatic rings. The summed E-state index contributed by atoms with van der Waals surface area (Å²) in [5.41, 5.74) is 0.166. The number of carbonyl (C=O) groups excluding carboxylic acids is 1. The molecule has 0 bridgehead atoms. The van der Waals surface area contributed by atoms with E-state index in [0.29, 0.717) is 23.3 Å². The average molecular weight is 470 g/mol. The Morgan fingerprint density at radius 1 is 1.24 bits per heavy atom. The van der Waals surface area contributed by atoms with Gasteiger partial charge in [0, 0.05) is 42.0 Å². The molecule has 1 amide bonds. The van der Waals surface area contributed by atoms with Gasteiger partial charge in [0.15, 0.2) is 11.9 Å². The van der Waals surface area contributed by atoms with Crippen molar-refractivity contribution in [1.82, 2.24) is 20.4 Å². The van der Waals surface area contributed by atoms with Crippen molar-refractivity contribution in [3.63, 3.8) is 0 Å². The zero-order valence-electron chi connectivity index (χ0n) is 19.3. The maximum atomic E-state index is 14.2. The lowest BCUT2D eigenvalue weighted by Gasteiger charge is -2.48. The summed E-state index contributed by atoms with van der Waals surface area (Å²) in [5, 5.41) is 17.8. The minimum absolute atomic E-state index is 0.0283. The monoisotopic (exact) mass is 470 g/mol. The van der Waals surface area contributed by atoms with Crippen LogP contribution in [0.25, 0.3) is 11.1 Å². The summed E-state index contributed by atoms with van der Waals surface area (Å²) < 4.78 is 44.1. The molecule has 5 rings (SSSR count). The number of rotatable bonds is 3. The Bertz CT molecular complexity index is 1290. The minimum Gasteiger partial charge on any atom is -0.362 e. The summed E-state index contributed by atoms with van der Waals surface area (Å²) in [6, 6.07) is 7.31. The smallest absolute Gasteiger partial charge is 0.362 e. The van der Waals surface area contributed by atoms with Gasteiger partial charge in [0.05, 0.1) is 17.2 Å². The van der Waals surface area contributed by atoms with Crippen LogP contribution in [0.1, 0.15) is 39.2 Å². The van der Waals surface area contributed by atoms with E-state index >= 15 is 0 Å². The molecular formula is C24H25F3N6O. The van der Waals surface area contributed by atoms with E-state index in [2.05, 4.69) is 26.0 Å². The largest absolute Gasteiger partial charge is 0.435 e. The topological polar surface area (TPSA) is 83.7 Å². The molecular weight excluding hydrogens is 445 g/mol. The molecule has 10 heteroatoms. The second-order valence-electron chi connectivity index (χ2n) is 9.63. The summed E-state index contributed by atoms with van der Waals surface area (Å²) in [5.74, 6) is -0.383. The van der Waals surface area contributed by atoms with Crippen LogP contribution in [0, 0.1) is 0 Å². The number of hydrogen-bond acceptors (Lipinski definition) is 5. The molecule has 3 aliphatic rings. The fourth-order valence-corrected chi connectivity index (χ4v) is 5.46. The fraction of sp³-hybridized carbons (Fsp3) is 0.417. The maximum Gasteiger partial charge on any atom is 0.435 e. The molecule has 0 spiro atoms. The van der Waals surface area contributed by atoms with Gasteiger partial charge in [-0.15, -0.1) is 5.11 Å². The Balaban J connectivity index is 1.82. The van der Waals surface area contributed by atoms with Crippen molar-refractivity contribution in [2.75, 3.05) is 0 Å². The van der Waals surface area contributed by atoms with Gasteiger partial charge in [-0.25, -0.2) is 0 Å². The van der Waals surface area contributed by atoms with Crippen LogP contribution in [0.3, 0.4) is 0 Å². The molecule has 178 valence electrons. The van der Waals surface area contributed by atoms with E-state index in [1.807, 2.05) is 32.2 Å². The Morgan fingerprint density at radius 2 is 2.00 bits per heavy atom. The molecule has 34 heavy (non-hydrogen) atoms. The number of azo groups is 1. The number of nitrogens with zero attached hydrogens (tertiary/aromatic N) is 4. The first-order valence-electron chi connectivity index (χ1n) is 11.1. The van der Waals surface area contributed by atoms with Crippen molar-refractivity contribution < 1.29 is 18.0 Å². The molecule has 3 aliphatic heterocycles. The second-order valence-corrected chi connectivity index (χ2v) is 9.63. The molecule has 2 atom stereocenters. The summed E-state index contributed by atoms with van der Waals surface area (Å²) in [7, 11) is 1.80. The molecule has 1 aromatic carbocycles. The van der Waals surface area contributed by atoms with Crippen LogP contribution in [0.2, 0.25) is 0 Å². The van der Waals surface area contributed by atoms with Gasteiger partial charge in [-0.3, -0.25) is 9.48 Å². The molecule has 0 saturated heterocycles. The molecule has 0 saturated carbocycles. The number of hydrogen-bond donors (Lipinski definition) is 2. The highest BCUT2D eigenvalue weighted by Crippen LogP contribution is 2.55. The Labute approximate surface area is 194 Å². The van der Waals surface area contributed by atoms with Gasteiger partial charge in [0.1, 0.15) is 0 Å². The quantitative estimate of drug-likeness (QED) is 0.693. The van der Waals surface area contributed by atoms with Crippen LogP contribution < -0.4 is 10.6 Å². The minimum atomic E-state index is -4.71. The Kier molecular flexibility index (Phi) is 4.79. The number of nitrogens with one attached hydrogen (secondary N) is 2. The van der Waals surface area contributed by atoms with Gasteiger partial charge in [-0.1, -0.05) is 25.1 Å². The van der Waals surface area contributed by atoms with Gasteiger partial charge < -0.3 is 10.6 Å². The standard InChI is InChI=1S/C24H25F3N6O/c1-5-23(15-8-6-7-13(9-15)14-11-28-33(4)12-14)17-16(10-22(2,3)30-21(17)34)29-20-18(23)19(31-32-20)24(25,26)27/h6-9,11-12,20,29H,5,10H2,1-4H3,(H,30,34)/t20?,23-/m0/s1. The zero-order valence-corrected chi connectivity index (χ0v) is 19.3. The number of alkyl halides is 3. The van der Waals surface area contributed by atoms with Gasteiger partial charge in [-0.2, -0.15) is 23.4 Å². The van der Waals surface area contributed by atoms with E-state index in [1.54, 1.807) is 37.0 Å². The Hall–Kier alpha value is -3.43. The fourth-order valence-electron chi connectivity index (χ4n) is 5.46. The summed E-state index contributed by atoms with van der Waals surface area (Å²) in [6.45, 7) is 5.57. The van der Waals surface area contributed by atoms with Crippen molar-refractivity contribution in [1.29, 1.82) is 0 Å². The van der Waals surface area contributed by atoms with Crippen LogP contribution in [0.4, 0.5) is 13.2 Å². The van der Waals surface area contributed by atoms with Gasteiger partial charge in [-0.05, 0) is 37.5 Å². The third kappa shape index (κ3) is 3.26. The van der Waals surface area contributed by atoms with Crippen LogP contribution >= 0.6 is 0 Å². The highest BCUT2D eigenvalue weighted by Gasteiger charge is 2.57. The van der Waals surface area contributed by atoms with Gasteiger partial charge in [0.25, 0.3) is 5.91 Å². The van der Waals surface area contributed by atoms with E-state index in [1.165, 1.54) is 0 Å². The molecule has 0 aliphatic carbocycles. The number of allylic oxidation sites excluding steroid dienone is 1. The van der Waals surface area contributed by atoms with Crippen molar-refractivity contribution >= 4 is 5.91 Å². The summed E-state index contributed by atoms with van der Waals surface area (Å²) in [6.07, 6.45) is -1.49. The number of aromatic nitrogens is 2. The number of halogens is 3. The van der Waals surface area contributed by atoms with Gasteiger partial charge in [0.2, 0.25) is 0 Å². The molecule has 1 unspecified atom stereocenters. The second kappa shape index (κ2) is 7.28. The van der Waals surface area contributed by atoms with Crippen molar-refractivity contribution in [3.05, 3.63) is 64.8 Å². The van der Waals surface area contributed by atoms with Crippen molar-refractivity contribution in [2.45, 2.75) is 56.9 Å². The van der Waals surface area contributed by atoms with Crippen molar-refractivity contribution in [2.24, 2.45) is 17.3 Å². The van der Waals surface area contributed by atoms with Crippen LogP contribution in [-0.4, -0.2) is 33.6 Å². The maximum absolute atomic E-state index is 14.2.